The fourth-order valence-electron chi connectivity index (χ4n) is 3.60. The average Bonchev–Trinajstić information content (AvgIpc) is 2.99. The van der Waals surface area contributed by atoms with Gasteiger partial charge in [0.05, 0.1) is 35.9 Å². The van der Waals surface area contributed by atoms with Crippen LogP contribution in [0.25, 0.3) is 5.76 Å². The SMILES string of the molecule is CCCN1C(=O)C(=O)/C(=C(/O)c2c(OC)cccc2OC)C1c1ccc(Cl)c(Cl)c1. The van der Waals surface area contributed by atoms with Gasteiger partial charge in [0.15, 0.2) is 0 Å². The highest BCUT2D eigenvalue weighted by Crippen LogP contribution is 2.44. The van der Waals surface area contributed by atoms with Crippen LogP contribution in [0.3, 0.4) is 0 Å². The second-order valence-electron chi connectivity index (χ2n) is 6.70. The van der Waals surface area contributed by atoms with Crippen molar-refractivity contribution in [3.8, 4) is 11.5 Å². The molecule has 1 fully saturated rings. The highest BCUT2D eigenvalue weighted by atomic mass is 35.5. The summed E-state index contributed by atoms with van der Waals surface area (Å²) in [6.07, 6.45) is 0.628. The normalized spacial score (nSPS) is 18.0. The number of ether oxygens (including phenoxy) is 2. The van der Waals surface area contributed by atoms with E-state index in [1.54, 1.807) is 36.4 Å². The van der Waals surface area contributed by atoms with E-state index in [0.29, 0.717) is 35.1 Å². The van der Waals surface area contributed by atoms with E-state index in [1.165, 1.54) is 19.1 Å². The van der Waals surface area contributed by atoms with Gasteiger partial charge >= 0.3 is 0 Å². The van der Waals surface area contributed by atoms with Crippen LogP contribution in [0.15, 0.2) is 42.0 Å². The molecule has 3 rings (SSSR count). The van der Waals surface area contributed by atoms with E-state index >= 15 is 0 Å². The van der Waals surface area contributed by atoms with Crippen LogP contribution >= 0.6 is 23.2 Å². The summed E-state index contributed by atoms with van der Waals surface area (Å²) in [7, 11) is 2.88. The molecule has 1 saturated heterocycles. The topological polar surface area (TPSA) is 76.1 Å². The minimum atomic E-state index is -0.825. The number of Topliss-reactive ketones (excluding diaryl/α,β-unsaturated/α-hetero) is 1. The van der Waals surface area contributed by atoms with E-state index in [0.717, 1.165) is 0 Å². The number of aliphatic hydroxyl groups is 1. The van der Waals surface area contributed by atoms with Crippen molar-refractivity contribution < 1.29 is 24.2 Å². The van der Waals surface area contributed by atoms with Crippen LogP contribution in [0.5, 0.6) is 11.5 Å². The van der Waals surface area contributed by atoms with Crippen LogP contribution in [0, 0.1) is 0 Å². The lowest BCUT2D eigenvalue weighted by molar-refractivity contribution is -0.139. The van der Waals surface area contributed by atoms with Gasteiger partial charge in [-0.2, -0.15) is 0 Å². The fourth-order valence-corrected chi connectivity index (χ4v) is 3.91. The maximum Gasteiger partial charge on any atom is 0.295 e. The summed E-state index contributed by atoms with van der Waals surface area (Å²) in [4.78, 5) is 27.2. The maximum atomic E-state index is 13.0. The molecule has 0 bridgehead atoms. The Hall–Kier alpha value is -2.70. The molecule has 1 N–H and O–H groups in total. The third-order valence-corrected chi connectivity index (χ3v) is 5.67. The van der Waals surface area contributed by atoms with Crippen molar-refractivity contribution in [2.24, 2.45) is 0 Å². The summed E-state index contributed by atoms with van der Waals surface area (Å²) < 4.78 is 10.7. The third-order valence-electron chi connectivity index (χ3n) is 4.93. The van der Waals surface area contributed by atoms with Crippen molar-refractivity contribution in [2.45, 2.75) is 19.4 Å². The van der Waals surface area contributed by atoms with Crippen LogP contribution in [0.4, 0.5) is 0 Å². The monoisotopic (exact) mass is 449 g/mol. The number of benzene rings is 2. The standard InChI is InChI=1S/C22H21Cl2NO5/c1-4-10-25-19(12-8-9-13(23)14(24)11-12)18(21(27)22(25)28)20(26)17-15(29-2)6-5-7-16(17)30-3/h5-9,11,19,26H,4,10H2,1-3H3/b20-18+. The van der Waals surface area contributed by atoms with Gasteiger partial charge in [-0.3, -0.25) is 9.59 Å². The molecular formula is C22H21Cl2NO5. The number of hydrogen-bond donors (Lipinski definition) is 1. The first kappa shape index (κ1) is 22.0. The minimum absolute atomic E-state index is 0.0605. The van der Waals surface area contributed by atoms with E-state index < -0.39 is 17.7 Å². The lowest BCUT2D eigenvalue weighted by Crippen LogP contribution is -2.30. The van der Waals surface area contributed by atoms with E-state index in [2.05, 4.69) is 0 Å². The molecule has 2 aromatic carbocycles. The zero-order valence-corrected chi connectivity index (χ0v) is 18.3. The zero-order chi connectivity index (χ0) is 22.0. The molecule has 0 saturated carbocycles. The number of halogens is 2. The highest BCUT2D eigenvalue weighted by Gasteiger charge is 2.46. The van der Waals surface area contributed by atoms with Crippen molar-refractivity contribution in [3.05, 3.63) is 63.1 Å². The number of hydrogen-bond acceptors (Lipinski definition) is 5. The number of methoxy groups -OCH3 is 2. The van der Waals surface area contributed by atoms with Crippen LogP contribution in [0.1, 0.15) is 30.5 Å². The van der Waals surface area contributed by atoms with Gasteiger partial charge in [-0.05, 0) is 36.2 Å². The molecule has 1 atom stereocenters. The summed E-state index contributed by atoms with van der Waals surface area (Å²) in [5, 5.41) is 11.9. The van der Waals surface area contributed by atoms with Crippen molar-refractivity contribution in [1.82, 2.24) is 4.90 Å². The first-order valence-corrected chi connectivity index (χ1v) is 10.1. The number of carbonyl (C=O) groups excluding carboxylic acids is 2. The first-order chi connectivity index (χ1) is 14.3. The number of aliphatic hydroxyl groups excluding tert-OH is 1. The van der Waals surface area contributed by atoms with E-state index in [1.807, 2.05) is 6.92 Å². The van der Waals surface area contributed by atoms with Gasteiger partial charge in [-0.25, -0.2) is 0 Å². The molecule has 158 valence electrons. The Morgan fingerprint density at radius 2 is 1.70 bits per heavy atom. The van der Waals surface area contributed by atoms with Crippen LogP contribution in [-0.4, -0.2) is 42.5 Å². The van der Waals surface area contributed by atoms with Gasteiger partial charge < -0.3 is 19.5 Å². The second kappa shape index (κ2) is 8.98. The molecular weight excluding hydrogens is 429 g/mol. The number of likely N-dealkylation sites (tertiary alicyclic amines) is 1. The fraction of sp³-hybridized carbons (Fsp3) is 0.273. The number of amides is 1. The largest absolute Gasteiger partial charge is 0.506 e. The van der Waals surface area contributed by atoms with Gasteiger partial charge in [-0.15, -0.1) is 0 Å². The van der Waals surface area contributed by atoms with Crippen molar-refractivity contribution in [2.75, 3.05) is 20.8 Å². The smallest absolute Gasteiger partial charge is 0.295 e. The average molecular weight is 450 g/mol. The minimum Gasteiger partial charge on any atom is -0.506 e. The van der Waals surface area contributed by atoms with Crippen LogP contribution in [-0.2, 0) is 9.59 Å². The Labute approximate surface area is 184 Å². The van der Waals surface area contributed by atoms with Crippen molar-refractivity contribution >= 4 is 40.7 Å². The Balaban J connectivity index is 2.30. The number of rotatable bonds is 6. The number of ketones is 1. The molecule has 0 aromatic heterocycles. The van der Waals surface area contributed by atoms with Gasteiger partial charge in [0.1, 0.15) is 22.8 Å². The van der Waals surface area contributed by atoms with Crippen LogP contribution in [0.2, 0.25) is 10.0 Å². The van der Waals surface area contributed by atoms with E-state index in [9.17, 15) is 14.7 Å². The lowest BCUT2D eigenvalue weighted by Gasteiger charge is -2.25. The van der Waals surface area contributed by atoms with Gasteiger partial charge in [0.25, 0.3) is 11.7 Å². The number of nitrogens with zero attached hydrogens (tertiary/aromatic N) is 1. The molecule has 1 unspecified atom stereocenters. The third kappa shape index (κ3) is 3.73. The summed E-state index contributed by atoms with van der Waals surface area (Å²) in [5.74, 6) is -1.24. The molecule has 0 aliphatic carbocycles. The lowest BCUT2D eigenvalue weighted by atomic mass is 9.94. The van der Waals surface area contributed by atoms with Crippen molar-refractivity contribution in [1.29, 1.82) is 0 Å². The Kier molecular flexibility index (Phi) is 6.58. The molecule has 1 heterocycles. The first-order valence-electron chi connectivity index (χ1n) is 9.30. The second-order valence-corrected chi connectivity index (χ2v) is 7.52. The van der Waals surface area contributed by atoms with Gasteiger partial charge in [0.2, 0.25) is 0 Å². The molecule has 1 amide bonds. The number of carbonyl (C=O) groups is 2. The maximum absolute atomic E-state index is 13.0. The molecule has 0 radical (unpaired) electrons. The molecule has 6 nitrogen and oxygen atoms in total. The molecule has 30 heavy (non-hydrogen) atoms. The molecule has 0 spiro atoms. The molecule has 2 aromatic rings. The predicted octanol–water partition coefficient (Wildman–Crippen LogP) is 4.84. The summed E-state index contributed by atoms with van der Waals surface area (Å²) in [6, 6.07) is 9.00. The predicted molar refractivity (Wildman–Crippen MR) is 115 cm³/mol. The quantitative estimate of drug-likeness (QED) is 0.387. The Bertz CT molecular complexity index is 1010. The van der Waals surface area contributed by atoms with Crippen LogP contribution < -0.4 is 9.47 Å². The summed E-state index contributed by atoms with van der Waals surface area (Å²) in [5.41, 5.74) is 0.698. The van der Waals surface area contributed by atoms with Gasteiger partial charge in [0, 0.05) is 6.54 Å². The molecule has 1 aliphatic heterocycles. The Morgan fingerprint density at radius 1 is 1.07 bits per heavy atom. The molecule has 8 heteroatoms. The van der Waals surface area contributed by atoms with Crippen molar-refractivity contribution in [3.63, 3.8) is 0 Å². The highest BCUT2D eigenvalue weighted by molar-refractivity contribution is 6.47. The summed E-state index contributed by atoms with van der Waals surface area (Å²) in [6.45, 7) is 2.23. The van der Waals surface area contributed by atoms with E-state index in [-0.39, 0.29) is 21.9 Å². The summed E-state index contributed by atoms with van der Waals surface area (Å²) >= 11 is 12.2. The Morgan fingerprint density at radius 3 is 2.23 bits per heavy atom. The zero-order valence-electron chi connectivity index (χ0n) is 16.7. The van der Waals surface area contributed by atoms with E-state index in [4.69, 9.17) is 32.7 Å². The molecule has 1 aliphatic rings. The van der Waals surface area contributed by atoms with Gasteiger partial charge in [-0.1, -0.05) is 42.3 Å².